The number of aliphatic carboxylic acids is 4. The minimum Gasteiger partial charge on any atom is -0.481 e. The molecular formula is C14H14O10. The number of Topliss-reactive ketones (excluding diaryl/α,β-unsaturated/α-hetero) is 2. The summed E-state index contributed by atoms with van der Waals surface area (Å²) < 4.78 is 0. The molecule has 2 aliphatic rings. The van der Waals surface area contributed by atoms with Gasteiger partial charge in [-0.15, -0.1) is 0 Å². The minimum atomic E-state index is -2.49. The Morgan fingerprint density at radius 1 is 0.708 bits per heavy atom. The lowest BCUT2D eigenvalue weighted by molar-refractivity contribution is -0.160. The average molecular weight is 342 g/mol. The second-order valence-corrected chi connectivity index (χ2v) is 6.43. The summed E-state index contributed by atoms with van der Waals surface area (Å²) in [5.41, 5.74) is -4.97. The molecule has 4 unspecified atom stereocenters. The Kier molecular flexibility index (Phi) is 3.56. The number of carboxylic acids is 4. The zero-order chi connectivity index (χ0) is 18.8. The molecule has 10 heteroatoms. The molecule has 10 nitrogen and oxygen atoms in total. The molecule has 0 aromatic carbocycles. The van der Waals surface area contributed by atoms with Crippen LogP contribution in [0, 0.1) is 34.5 Å². The van der Waals surface area contributed by atoms with Crippen molar-refractivity contribution in [3.63, 3.8) is 0 Å². The fourth-order valence-corrected chi connectivity index (χ4v) is 4.13. The summed E-state index contributed by atoms with van der Waals surface area (Å²) in [7, 11) is 0. The number of carboxylic acid groups (broad SMARTS) is 4. The molecule has 0 aromatic rings. The van der Waals surface area contributed by atoms with E-state index in [1.54, 1.807) is 0 Å². The van der Waals surface area contributed by atoms with E-state index in [0.717, 1.165) is 13.8 Å². The Morgan fingerprint density at radius 3 is 1.12 bits per heavy atom. The van der Waals surface area contributed by atoms with Crippen molar-refractivity contribution in [3.8, 4) is 0 Å². The summed E-state index contributed by atoms with van der Waals surface area (Å²) in [6.07, 6.45) is 0. The van der Waals surface area contributed by atoms with Gasteiger partial charge in [0.2, 0.25) is 0 Å². The van der Waals surface area contributed by atoms with Crippen LogP contribution in [-0.2, 0) is 28.8 Å². The molecule has 2 rings (SSSR count). The van der Waals surface area contributed by atoms with Crippen LogP contribution in [0.1, 0.15) is 13.8 Å². The second kappa shape index (κ2) is 4.86. The molecule has 0 aromatic heterocycles. The van der Waals surface area contributed by atoms with Crippen LogP contribution >= 0.6 is 0 Å². The van der Waals surface area contributed by atoms with Gasteiger partial charge in [0.1, 0.15) is 22.7 Å². The third-order valence-corrected chi connectivity index (χ3v) is 5.45. The molecule has 0 bridgehead atoms. The Balaban J connectivity index is 2.87. The molecule has 0 aliphatic heterocycles. The Bertz CT molecular complexity index is 648. The number of rotatable bonds is 4. The number of ketones is 2. The SMILES string of the molecule is C[C@@]1(C(=O)O)C(=O)C(C(=O)O)C2C1C(C(=O)O)C(=O)[C@@]2(C)C(=O)O. The number of carbonyl (C=O) groups excluding carboxylic acids is 2. The molecule has 2 aliphatic carbocycles. The van der Waals surface area contributed by atoms with Gasteiger partial charge in [-0.2, -0.15) is 0 Å². The molecule has 2 fully saturated rings. The molecule has 24 heavy (non-hydrogen) atoms. The Morgan fingerprint density at radius 2 is 0.958 bits per heavy atom. The van der Waals surface area contributed by atoms with E-state index in [0.29, 0.717) is 0 Å². The van der Waals surface area contributed by atoms with Crippen molar-refractivity contribution < 1.29 is 49.2 Å². The summed E-state index contributed by atoms with van der Waals surface area (Å²) in [4.78, 5) is 71.2. The quantitative estimate of drug-likeness (QED) is 0.460. The third-order valence-electron chi connectivity index (χ3n) is 5.45. The number of carbonyl (C=O) groups is 6. The maximum Gasteiger partial charge on any atom is 0.317 e. The Labute approximate surface area is 134 Å². The van der Waals surface area contributed by atoms with Gasteiger partial charge in [0.25, 0.3) is 0 Å². The number of fused-ring (bicyclic) bond motifs is 1. The van der Waals surface area contributed by atoms with E-state index in [1.165, 1.54) is 0 Å². The molecule has 0 amide bonds. The predicted molar refractivity (Wildman–Crippen MR) is 70.7 cm³/mol. The molecule has 0 saturated heterocycles. The summed E-state index contributed by atoms with van der Waals surface area (Å²) in [5, 5.41) is 37.4. The topological polar surface area (TPSA) is 183 Å². The van der Waals surface area contributed by atoms with Crippen molar-refractivity contribution in [2.24, 2.45) is 34.5 Å². The van der Waals surface area contributed by atoms with Gasteiger partial charge in [-0.05, 0) is 13.8 Å². The normalized spacial score (nSPS) is 41.1. The van der Waals surface area contributed by atoms with Gasteiger partial charge in [0, 0.05) is 11.8 Å². The first-order valence-corrected chi connectivity index (χ1v) is 6.85. The molecule has 130 valence electrons. The minimum absolute atomic E-state index is 0.842. The van der Waals surface area contributed by atoms with Gasteiger partial charge in [-0.3, -0.25) is 28.8 Å². The number of hydrogen-bond donors (Lipinski definition) is 4. The van der Waals surface area contributed by atoms with Crippen LogP contribution in [0.4, 0.5) is 0 Å². The highest BCUT2D eigenvalue weighted by molar-refractivity contribution is 6.21. The summed E-state index contributed by atoms with van der Waals surface area (Å²) in [6.45, 7) is 1.68. The average Bonchev–Trinajstić information content (AvgIpc) is 2.82. The monoisotopic (exact) mass is 342 g/mol. The van der Waals surface area contributed by atoms with Crippen molar-refractivity contribution >= 4 is 35.4 Å². The summed E-state index contributed by atoms with van der Waals surface area (Å²) in [6, 6.07) is 0. The first-order chi connectivity index (χ1) is 10.8. The highest BCUT2D eigenvalue weighted by atomic mass is 16.4. The maximum atomic E-state index is 12.5. The summed E-state index contributed by atoms with van der Waals surface area (Å²) >= 11 is 0. The highest BCUT2D eigenvalue weighted by Crippen LogP contribution is 2.63. The van der Waals surface area contributed by atoms with E-state index in [-0.39, 0.29) is 0 Å². The van der Waals surface area contributed by atoms with Crippen LogP contribution in [0.25, 0.3) is 0 Å². The lowest BCUT2D eigenvalue weighted by Gasteiger charge is -2.28. The first-order valence-electron chi connectivity index (χ1n) is 6.85. The molecule has 4 N–H and O–H groups in total. The fraction of sp³-hybridized carbons (Fsp3) is 0.571. The molecule has 6 atom stereocenters. The van der Waals surface area contributed by atoms with E-state index >= 15 is 0 Å². The van der Waals surface area contributed by atoms with E-state index in [1.807, 2.05) is 0 Å². The highest BCUT2D eigenvalue weighted by Gasteiger charge is 2.79. The van der Waals surface area contributed by atoms with Crippen molar-refractivity contribution in [2.75, 3.05) is 0 Å². The van der Waals surface area contributed by atoms with E-state index in [9.17, 15) is 49.2 Å². The van der Waals surface area contributed by atoms with Crippen LogP contribution < -0.4 is 0 Å². The third kappa shape index (κ3) is 1.70. The van der Waals surface area contributed by atoms with Crippen molar-refractivity contribution in [1.82, 2.24) is 0 Å². The zero-order valence-electron chi connectivity index (χ0n) is 12.5. The largest absolute Gasteiger partial charge is 0.481 e. The standard InChI is InChI=1S/C14H14O10/c1-13(11(21)22)5-3(9(17)18)8(16)14(2,12(23)24)6(5)4(7(13)15)10(19)20/h3-6H,1-2H3,(H,17,18)(H,19,20)(H,21,22)(H,23,24)/t3?,4?,5?,6?,13-,14-/m0/s1. The molecule has 0 radical (unpaired) electrons. The van der Waals surface area contributed by atoms with E-state index in [2.05, 4.69) is 0 Å². The van der Waals surface area contributed by atoms with Crippen LogP contribution in [0.3, 0.4) is 0 Å². The van der Waals surface area contributed by atoms with Gasteiger partial charge >= 0.3 is 23.9 Å². The predicted octanol–water partition coefficient (Wildman–Crippen LogP) is -1.03. The maximum absolute atomic E-state index is 12.5. The van der Waals surface area contributed by atoms with Gasteiger partial charge < -0.3 is 20.4 Å². The lowest BCUT2D eigenvalue weighted by Crippen LogP contribution is -2.47. The number of hydrogen-bond acceptors (Lipinski definition) is 6. The van der Waals surface area contributed by atoms with Crippen LogP contribution in [0.5, 0.6) is 0 Å². The first kappa shape index (κ1) is 17.6. The summed E-state index contributed by atoms with van der Waals surface area (Å²) in [5.74, 6) is -17.5. The van der Waals surface area contributed by atoms with Gasteiger partial charge in [0.05, 0.1) is 0 Å². The van der Waals surface area contributed by atoms with Gasteiger partial charge in [-0.25, -0.2) is 0 Å². The molecule has 2 saturated carbocycles. The second-order valence-electron chi connectivity index (χ2n) is 6.43. The van der Waals surface area contributed by atoms with Crippen molar-refractivity contribution in [3.05, 3.63) is 0 Å². The molecule has 0 spiro atoms. The van der Waals surface area contributed by atoms with Crippen LogP contribution in [-0.4, -0.2) is 55.9 Å². The Hall–Kier alpha value is -2.78. The van der Waals surface area contributed by atoms with E-state index < -0.39 is 69.9 Å². The molecule has 0 heterocycles. The van der Waals surface area contributed by atoms with Gasteiger partial charge in [-0.1, -0.05) is 0 Å². The van der Waals surface area contributed by atoms with E-state index in [4.69, 9.17) is 0 Å². The lowest BCUT2D eigenvalue weighted by atomic mass is 9.71. The smallest absolute Gasteiger partial charge is 0.317 e. The van der Waals surface area contributed by atoms with Gasteiger partial charge in [0.15, 0.2) is 11.6 Å². The van der Waals surface area contributed by atoms with Crippen LogP contribution in [0.15, 0.2) is 0 Å². The zero-order valence-corrected chi connectivity index (χ0v) is 12.5. The van der Waals surface area contributed by atoms with Crippen molar-refractivity contribution in [2.45, 2.75) is 13.8 Å². The van der Waals surface area contributed by atoms with Crippen molar-refractivity contribution in [1.29, 1.82) is 0 Å². The molecular weight excluding hydrogens is 328 g/mol. The van der Waals surface area contributed by atoms with Crippen LogP contribution in [0.2, 0.25) is 0 Å². The fourth-order valence-electron chi connectivity index (χ4n) is 4.13.